The molecular formula is C41H62FN3O11. The summed E-state index contributed by atoms with van der Waals surface area (Å²) in [4.78, 5) is 36.0. The average Bonchev–Trinajstić information content (AvgIpc) is 3.17. The summed E-state index contributed by atoms with van der Waals surface area (Å²) in [7, 11) is 0. The molecule has 314 valence electrons. The van der Waals surface area contributed by atoms with Crippen LogP contribution in [0.2, 0.25) is 0 Å². The molecule has 3 rings (SSSR count). The van der Waals surface area contributed by atoms with Crippen molar-refractivity contribution in [2.75, 3.05) is 13.2 Å². The molecule has 1 fully saturated rings. The molecule has 2 amide bonds. The molecule has 2 aromatic rings. The van der Waals surface area contributed by atoms with Crippen molar-refractivity contribution in [2.45, 2.75) is 159 Å². The first-order chi connectivity index (χ1) is 26.8. The summed E-state index contributed by atoms with van der Waals surface area (Å²) in [6.45, 7) is 3.01. The van der Waals surface area contributed by atoms with Crippen LogP contribution in [0.3, 0.4) is 0 Å². The van der Waals surface area contributed by atoms with Crippen LogP contribution < -0.4 is 10.6 Å². The van der Waals surface area contributed by atoms with Crippen molar-refractivity contribution in [2.24, 2.45) is 0 Å². The molecular weight excluding hydrogens is 729 g/mol. The van der Waals surface area contributed by atoms with Crippen molar-refractivity contribution in [3.8, 4) is 0 Å². The minimum absolute atomic E-state index is 0.128. The Morgan fingerprint density at radius 1 is 0.839 bits per heavy atom. The molecule has 8 atom stereocenters. The molecule has 1 heterocycles. The number of benzene rings is 2. The van der Waals surface area contributed by atoms with Gasteiger partial charge in [0.1, 0.15) is 36.3 Å². The maximum atomic E-state index is 14.2. The number of nitro groups is 1. The molecule has 1 saturated heterocycles. The number of halogens is 1. The number of hydrogen-bond donors (Lipinski definition) is 7. The van der Waals surface area contributed by atoms with Gasteiger partial charge in [-0.3, -0.25) is 19.7 Å². The van der Waals surface area contributed by atoms with Gasteiger partial charge in [0.05, 0.1) is 36.5 Å². The molecule has 2 aromatic carbocycles. The molecule has 14 nitrogen and oxygen atoms in total. The lowest BCUT2D eigenvalue weighted by Crippen LogP contribution is -2.61. The number of hydrogen-bond acceptors (Lipinski definition) is 11. The van der Waals surface area contributed by atoms with Crippen LogP contribution in [-0.4, -0.2) is 104 Å². The predicted molar refractivity (Wildman–Crippen MR) is 207 cm³/mol. The number of carbonyl (C=O) groups is 2. The van der Waals surface area contributed by atoms with Gasteiger partial charge in [-0.25, -0.2) is 4.39 Å². The van der Waals surface area contributed by atoms with Gasteiger partial charge in [0.15, 0.2) is 6.29 Å². The Balaban J connectivity index is 1.56. The van der Waals surface area contributed by atoms with Crippen molar-refractivity contribution < 1.29 is 53.9 Å². The van der Waals surface area contributed by atoms with Crippen LogP contribution in [0.25, 0.3) is 0 Å². The third kappa shape index (κ3) is 16.1. The van der Waals surface area contributed by atoms with Crippen molar-refractivity contribution >= 4 is 17.5 Å². The molecule has 1 aliphatic rings. The van der Waals surface area contributed by atoms with Crippen molar-refractivity contribution in [1.29, 1.82) is 0 Å². The molecule has 0 aliphatic carbocycles. The van der Waals surface area contributed by atoms with Crippen LogP contribution in [0.15, 0.2) is 42.5 Å². The van der Waals surface area contributed by atoms with Crippen LogP contribution in [-0.2, 0) is 31.9 Å². The minimum Gasteiger partial charge on any atom is -0.390 e. The summed E-state index contributed by atoms with van der Waals surface area (Å²) in [5, 5.41) is 70.2. The topological polar surface area (TPSA) is 221 Å². The third-order valence-corrected chi connectivity index (χ3v) is 10.2. The summed E-state index contributed by atoms with van der Waals surface area (Å²) in [6, 6.07) is 8.58. The summed E-state index contributed by atoms with van der Waals surface area (Å²) in [6.07, 6.45) is 2.78. The van der Waals surface area contributed by atoms with E-state index in [1.54, 1.807) is 19.1 Å². The number of carbonyl (C=O) groups excluding carboxylic acids is 2. The average molecular weight is 792 g/mol. The molecule has 7 N–H and O–H groups in total. The second kappa shape index (κ2) is 24.9. The fraction of sp³-hybridized carbons (Fsp3) is 0.659. The van der Waals surface area contributed by atoms with Gasteiger partial charge in [0.2, 0.25) is 11.8 Å². The predicted octanol–water partition coefficient (Wildman–Crippen LogP) is 4.07. The van der Waals surface area contributed by atoms with Crippen LogP contribution in [0.4, 0.5) is 10.1 Å². The maximum absolute atomic E-state index is 14.2. The van der Waals surface area contributed by atoms with E-state index < -0.39 is 78.1 Å². The summed E-state index contributed by atoms with van der Waals surface area (Å²) < 4.78 is 25.6. The van der Waals surface area contributed by atoms with Gasteiger partial charge in [-0.2, -0.15) is 0 Å². The molecule has 0 saturated carbocycles. The van der Waals surface area contributed by atoms with Crippen molar-refractivity contribution in [3.63, 3.8) is 0 Å². The molecule has 2 unspecified atom stereocenters. The number of ether oxygens (including phenoxy) is 2. The summed E-state index contributed by atoms with van der Waals surface area (Å²) >= 11 is 0. The van der Waals surface area contributed by atoms with Gasteiger partial charge >= 0.3 is 0 Å². The first kappa shape index (κ1) is 46.8. The highest BCUT2D eigenvalue weighted by Gasteiger charge is 2.45. The second-order valence-electron chi connectivity index (χ2n) is 14.9. The molecule has 1 aliphatic heterocycles. The Kier molecular flexibility index (Phi) is 20.8. The monoisotopic (exact) mass is 791 g/mol. The zero-order chi connectivity index (χ0) is 41.0. The molecule has 0 aromatic heterocycles. The number of unbranched alkanes of at least 4 members (excludes halogenated alkanes) is 11. The van der Waals surface area contributed by atoms with Gasteiger partial charge in [-0.15, -0.1) is 0 Å². The van der Waals surface area contributed by atoms with Crippen molar-refractivity contribution in [1.82, 2.24) is 10.6 Å². The van der Waals surface area contributed by atoms with Gasteiger partial charge < -0.3 is 45.6 Å². The summed E-state index contributed by atoms with van der Waals surface area (Å²) in [5.41, 5.74) is 1.17. The molecule has 56 heavy (non-hydrogen) atoms. The van der Waals surface area contributed by atoms with E-state index in [4.69, 9.17) is 9.47 Å². The van der Waals surface area contributed by atoms with Gasteiger partial charge in [0.25, 0.3) is 5.69 Å². The maximum Gasteiger partial charge on any atom is 0.269 e. The third-order valence-electron chi connectivity index (χ3n) is 10.2. The number of aliphatic hydroxyl groups excluding tert-OH is 5. The molecule has 0 spiro atoms. The van der Waals surface area contributed by atoms with Gasteiger partial charge in [-0.1, -0.05) is 108 Å². The number of amides is 2. The first-order valence-corrected chi connectivity index (χ1v) is 20.0. The Labute approximate surface area is 329 Å². The van der Waals surface area contributed by atoms with E-state index in [-0.39, 0.29) is 31.5 Å². The number of nitrogens with one attached hydrogen (secondary N) is 2. The second-order valence-corrected chi connectivity index (χ2v) is 14.9. The van der Waals surface area contributed by atoms with Crippen LogP contribution in [0.5, 0.6) is 0 Å². The van der Waals surface area contributed by atoms with E-state index in [0.29, 0.717) is 23.1 Å². The lowest BCUT2D eigenvalue weighted by molar-refractivity contribution is -0.384. The van der Waals surface area contributed by atoms with Crippen LogP contribution >= 0.6 is 0 Å². The highest BCUT2D eigenvalue weighted by atomic mass is 19.1. The Morgan fingerprint density at radius 3 is 2.00 bits per heavy atom. The molecule has 0 bridgehead atoms. The minimum atomic E-state index is -1.76. The lowest BCUT2D eigenvalue weighted by atomic mass is 9.98. The number of nitrogens with zero attached hydrogens (tertiary/aromatic N) is 1. The number of nitro benzene ring substituents is 1. The van der Waals surface area contributed by atoms with E-state index in [1.165, 1.54) is 75.3 Å². The number of non-ortho nitro benzene ring substituents is 1. The van der Waals surface area contributed by atoms with Crippen LogP contribution in [0.1, 0.15) is 107 Å². The highest BCUT2D eigenvalue weighted by molar-refractivity contribution is 5.79. The van der Waals surface area contributed by atoms with Gasteiger partial charge in [-0.05, 0) is 36.1 Å². The molecule has 15 heteroatoms. The fourth-order valence-electron chi connectivity index (χ4n) is 6.67. The van der Waals surface area contributed by atoms with E-state index in [1.807, 2.05) is 0 Å². The van der Waals surface area contributed by atoms with Crippen LogP contribution in [0, 0.1) is 22.9 Å². The lowest BCUT2D eigenvalue weighted by Gasteiger charge is -2.41. The van der Waals surface area contributed by atoms with E-state index in [2.05, 4.69) is 17.6 Å². The normalized spacial score (nSPS) is 21.2. The summed E-state index contributed by atoms with van der Waals surface area (Å²) in [5.74, 6) is -1.57. The fourth-order valence-corrected chi connectivity index (χ4v) is 6.67. The SMILES string of the molecule is CCCCCCCCCCCCCC[C@@H](O)[C@@H](O)[C@H](CO[C@H]1OC(CNC(=O)Cc2ccc([N+](=O)[O-])cc2)[C@H](O)C(O)[C@@H]1O)NC(=O)Cc1ccc(C)c(F)c1. The molecule has 0 radical (unpaired) electrons. The van der Waals surface area contributed by atoms with Gasteiger partial charge in [0, 0.05) is 18.7 Å². The zero-order valence-electron chi connectivity index (χ0n) is 32.7. The Hall–Kier alpha value is -3.57. The van der Waals surface area contributed by atoms with Crippen molar-refractivity contribution in [3.05, 3.63) is 75.1 Å². The number of rotatable bonds is 26. The van der Waals surface area contributed by atoms with E-state index in [9.17, 15) is 49.6 Å². The zero-order valence-corrected chi connectivity index (χ0v) is 32.7. The standard InChI is InChI=1S/C41H62FN3O11/c1-3-4-5-6-7-8-9-10-11-12-13-14-15-33(46)37(49)32(44-36(48)24-29-17-16-27(2)31(42)22-29)26-55-41-40(52)39(51)38(50)34(56-41)25-43-35(47)23-28-18-20-30(21-19-28)45(53)54/h16-22,32-34,37-41,46,49-52H,3-15,23-26H2,1-2H3,(H,43,47)(H,44,48)/t32-,33+,34?,37-,38-,39?,40-,41-/m0/s1. The quantitative estimate of drug-likeness (QED) is 0.0409. The van der Waals surface area contributed by atoms with E-state index >= 15 is 0 Å². The number of aryl methyl sites for hydroxylation is 1. The highest BCUT2D eigenvalue weighted by Crippen LogP contribution is 2.23. The Bertz CT molecular complexity index is 1480. The smallest absolute Gasteiger partial charge is 0.269 e. The first-order valence-electron chi connectivity index (χ1n) is 20.0. The largest absolute Gasteiger partial charge is 0.390 e. The number of aliphatic hydroxyl groups is 5. The van der Waals surface area contributed by atoms with E-state index in [0.717, 1.165) is 25.7 Å². The Morgan fingerprint density at radius 2 is 1.41 bits per heavy atom.